The summed E-state index contributed by atoms with van der Waals surface area (Å²) in [5.41, 5.74) is 0. The number of carboxylic acid groups (broad SMARTS) is 1. The van der Waals surface area contributed by atoms with Crippen molar-refractivity contribution in [3.05, 3.63) is 0 Å². The fourth-order valence-corrected chi connectivity index (χ4v) is 2.18. The molecule has 1 aliphatic rings. The van der Waals surface area contributed by atoms with Gasteiger partial charge in [-0.05, 0) is 19.3 Å². The Kier molecular flexibility index (Phi) is 5.80. The zero-order valence-corrected chi connectivity index (χ0v) is 10.4. The highest BCUT2D eigenvalue weighted by molar-refractivity contribution is 5.76. The van der Waals surface area contributed by atoms with E-state index in [9.17, 15) is 9.59 Å². The number of hydrogen-bond donors (Lipinski definition) is 3. The summed E-state index contributed by atoms with van der Waals surface area (Å²) in [6.07, 6.45) is 5.80. The van der Waals surface area contributed by atoms with Gasteiger partial charge in [-0.25, -0.2) is 4.79 Å². The van der Waals surface area contributed by atoms with Crippen molar-refractivity contribution in [1.82, 2.24) is 10.6 Å². The predicted molar refractivity (Wildman–Crippen MR) is 64.8 cm³/mol. The summed E-state index contributed by atoms with van der Waals surface area (Å²) in [5, 5.41) is 14.4. The van der Waals surface area contributed by atoms with Gasteiger partial charge in [-0.2, -0.15) is 0 Å². The van der Waals surface area contributed by atoms with Crippen LogP contribution in [0.25, 0.3) is 0 Å². The molecule has 0 aromatic heterocycles. The monoisotopic (exact) mass is 242 g/mol. The van der Waals surface area contributed by atoms with Crippen molar-refractivity contribution in [1.29, 1.82) is 0 Å². The van der Waals surface area contributed by atoms with E-state index in [0.29, 0.717) is 6.42 Å². The summed E-state index contributed by atoms with van der Waals surface area (Å²) in [5.74, 6) is -1.32. The van der Waals surface area contributed by atoms with Crippen molar-refractivity contribution in [2.24, 2.45) is 5.92 Å². The average molecular weight is 242 g/mol. The third-order valence-electron chi connectivity index (χ3n) is 3.19. The molecule has 0 radical (unpaired) electrons. The van der Waals surface area contributed by atoms with Crippen molar-refractivity contribution in [2.75, 3.05) is 6.54 Å². The van der Waals surface area contributed by atoms with Crippen LogP contribution >= 0.6 is 0 Å². The minimum Gasteiger partial charge on any atom is -0.481 e. The maximum Gasteiger partial charge on any atom is 0.315 e. The van der Waals surface area contributed by atoms with Crippen LogP contribution in [0.5, 0.6) is 0 Å². The quantitative estimate of drug-likeness (QED) is 0.663. The smallest absolute Gasteiger partial charge is 0.315 e. The van der Waals surface area contributed by atoms with Crippen LogP contribution in [0.2, 0.25) is 0 Å². The molecule has 0 heterocycles. The molecular weight excluding hydrogens is 220 g/mol. The normalized spacial score (nSPS) is 17.7. The van der Waals surface area contributed by atoms with E-state index in [1.807, 2.05) is 6.92 Å². The Hall–Kier alpha value is -1.26. The predicted octanol–water partition coefficient (Wildman–Crippen LogP) is 1.73. The van der Waals surface area contributed by atoms with Crippen molar-refractivity contribution in [3.8, 4) is 0 Å². The lowest BCUT2D eigenvalue weighted by atomic mass is 10.0. The molecule has 2 amide bonds. The van der Waals surface area contributed by atoms with Crippen LogP contribution in [0.1, 0.15) is 45.4 Å². The third kappa shape index (κ3) is 5.06. The Morgan fingerprint density at radius 1 is 1.35 bits per heavy atom. The van der Waals surface area contributed by atoms with Crippen LogP contribution in [-0.2, 0) is 4.79 Å². The summed E-state index contributed by atoms with van der Waals surface area (Å²) in [6.45, 7) is 2.15. The minimum absolute atomic E-state index is 0.210. The molecule has 0 bridgehead atoms. The molecule has 17 heavy (non-hydrogen) atoms. The van der Waals surface area contributed by atoms with E-state index < -0.39 is 11.9 Å². The molecule has 1 aliphatic carbocycles. The van der Waals surface area contributed by atoms with E-state index in [1.165, 1.54) is 12.8 Å². The lowest BCUT2D eigenvalue weighted by molar-refractivity contribution is -0.141. The van der Waals surface area contributed by atoms with Crippen molar-refractivity contribution in [2.45, 2.75) is 51.5 Å². The van der Waals surface area contributed by atoms with Gasteiger partial charge < -0.3 is 15.7 Å². The van der Waals surface area contributed by atoms with Crippen LogP contribution in [0.4, 0.5) is 4.79 Å². The molecule has 1 unspecified atom stereocenters. The second kappa shape index (κ2) is 7.14. The van der Waals surface area contributed by atoms with Crippen molar-refractivity contribution >= 4 is 12.0 Å². The molecule has 1 atom stereocenters. The number of hydrogen-bond acceptors (Lipinski definition) is 2. The first-order valence-corrected chi connectivity index (χ1v) is 6.40. The van der Waals surface area contributed by atoms with Gasteiger partial charge in [0.1, 0.15) is 0 Å². The first-order chi connectivity index (χ1) is 8.13. The molecule has 0 aromatic rings. The number of amides is 2. The molecule has 5 nitrogen and oxygen atoms in total. The van der Waals surface area contributed by atoms with Crippen LogP contribution in [-0.4, -0.2) is 29.7 Å². The topological polar surface area (TPSA) is 78.4 Å². The average Bonchev–Trinajstić information content (AvgIpc) is 2.76. The molecule has 0 aliphatic heterocycles. The molecule has 1 fully saturated rings. The Morgan fingerprint density at radius 2 is 2.00 bits per heavy atom. The molecule has 98 valence electrons. The van der Waals surface area contributed by atoms with Crippen LogP contribution in [0, 0.1) is 5.92 Å². The van der Waals surface area contributed by atoms with E-state index in [2.05, 4.69) is 10.6 Å². The van der Waals surface area contributed by atoms with Crippen LogP contribution in [0.3, 0.4) is 0 Å². The van der Waals surface area contributed by atoms with Gasteiger partial charge in [0.2, 0.25) is 0 Å². The highest BCUT2D eigenvalue weighted by Gasteiger charge is 2.19. The second-order valence-electron chi connectivity index (χ2n) is 4.66. The Balaban J connectivity index is 2.22. The number of carbonyl (C=O) groups excluding carboxylic acids is 1. The van der Waals surface area contributed by atoms with E-state index in [-0.39, 0.29) is 18.6 Å². The molecule has 0 saturated heterocycles. The molecule has 0 aromatic carbocycles. The Bertz CT molecular complexity index is 262. The van der Waals surface area contributed by atoms with Gasteiger partial charge in [-0.1, -0.05) is 26.2 Å². The summed E-state index contributed by atoms with van der Waals surface area (Å²) in [4.78, 5) is 22.4. The number of aliphatic carboxylic acids is 1. The lowest BCUT2D eigenvalue weighted by Gasteiger charge is -2.15. The number of rotatable bonds is 6. The number of nitrogens with one attached hydrogen (secondary N) is 2. The molecule has 1 saturated carbocycles. The molecule has 1 rings (SSSR count). The zero-order chi connectivity index (χ0) is 12.7. The number of carboxylic acids is 1. The van der Waals surface area contributed by atoms with E-state index >= 15 is 0 Å². The first-order valence-electron chi connectivity index (χ1n) is 6.40. The van der Waals surface area contributed by atoms with E-state index in [1.54, 1.807) is 0 Å². The van der Waals surface area contributed by atoms with E-state index in [0.717, 1.165) is 19.3 Å². The fourth-order valence-electron chi connectivity index (χ4n) is 2.18. The van der Waals surface area contributed by atoms with E-state index in [4.69, 9.17) is 5.11 Å². The van der Waals surface area contributed by atoms with Gasteiger partial charge in [0.15, 0.2) is 0 Å². The molecular formula is C12H22N2O3. The summed E-state index contributed by atoms with van der Waals surface area (Å²) in [6, 6.07) is 0.0312. The largest absolute Gasteiger partial charge is 0.481 e. The van der Waals surface area contributed by atoms with Gasteiger partial charge >= 0.3 is 12.0 Å². The molecule has 5 heteroatoms. The second-order valence-corrected chi connectivity index (χ2v) is 4.66. The summed E-state index contributed by atoms with van der Waals surface area (Å²) < 4.78 is 0. The first kappa shape index (κ1) is 13.8. The number of carbonyl (C=O) groups is 2. The summed E-state index contributed by atoms with van der Waals surface area (Å²) >= 11 is 0. The Morgan fingerprint density at radius 3 is 2.53 bits per heavy atom. The third-order valence-corrected chi connectivity index (χ3v) is 3.19. The fraction of sp³-hybridized carbons (Fsp3) is 0.833. The van der Waals surface area contributed by atoms with Crippen molar-refractivity contribution < 1.29 is 14.7 Å². The summed E-state index contributed by atoms with van der Waals surface area (Å²) in [7, 11) is 0. The van der Waals surface area contributed by atoms with Crippen LogP contribution in [0.15, 0.2) is 0 Å². The maximum atomic E-state index is 11.5. The van der Waals surface area contributed by atoms with Gasteiger partial charge in [0, 0.05) is 12.6 Å². The standard InChI is InChI=1S/C12H22N2O3/c1-2-5-9(11(15)16)8-13-12(17)14-10-6-3-4-7-10/h9-10H,2-8H2,1H3,(H,15,16)(H2,13,14,17). The number of urea groups is 1. The maximum absolute atomic E-state index is 11.5. The van der Waals surface area contributed by atoms with Gasteiger partial charge in [-0.3, -0.25) is 4.79 Å². The molecule has 0 spiro atoms. The minimum atomic E-state index is -0.840. The molecule has 3 N–H and O–H groups in total. The SMILES string of the molecule is CCCC(CNC(=O)NC1CCCC1)C(=O)O. The Labute approximate surface area is 102 Å². The van der Waals surface area contributed by atoms with Gasteiger partial charge in [0.05, 0.1) is 5.92 Å². The van der Waals surface area contributed by atoms with Gasteiger partial charge in [0.25, 0.3) is 0 Å². The van der Waals surface area contributed by atoms with Gasteiger partial charge in [-0.15, -0.1) is 0 Å². The lowest BCUT2D eigenvalue weighted by Crippen LogP contribution is -2.43. The zero-order valence-electron chi connectivity index (χ0n) is 10.4. The highest BCUT2D eigenvalue weighted by Crippen LogP contribution is 2.17. The van der Waals surface area contributed by atoms with Crippen molar-refractivity contribution in [3.63, 3.8) is 0 Å². The van der Waals surface area contributed by atoms with Crippen LogP contribution < -0.4 is 10.6 Å². The highest BCUT2D eigenvalue weighted by atomic mass is 16.4.